The summed E-state index contributed by atoms with van der Waals surface area (Å²) in [5, 5.41) is 2.25. The standard InChI is InChI=1S/C10H9F2N3O/c1-6-3-15-4-8(13-5-16)7(10(11)12)2-9(15)14-6/h2-5,10H,1H3,(H,13,16). The fraction of sp³-hybridized carbons (Fsp3) is 0.200. The van der Waals surface area contributed by atoms with Crippen LogP contribution in [0.3, 0.4) is 0 Å². The SMILES string of the molecule is Cc1cn2cc(NC=O)c(C(F)F)cc2n1. The van der Waals surface area contributed by atoms with Crippen LogP contribution in [0.25, 0.3) is 5.65 Å². The minimum Gasteiger partial charge on any atom is -0.327 e. The lowest BCUT2D eigenvalue weighted by Gasteiger charge is -2.07. The number of hydrogen-bond acceptors (Lipinski definition) is 2. The largest absolute Gasteiger partial charge is 0.327 e. The molecule has 0 saturated heterocycles. The van der Waals surface area contributed by atoms with Crippen molar-refractivity contribution in [3.63, 3.8) is 0 Å². The Morgan fingerprint density at radius 3 is 2.88 bits per heavy atom. The molecule has 0 unspecified atom stereocenters. The third kappa shape index (κ3) is 1.73. The van der Waals surface area contributed by atoms with Gasteiger partial charge in [0.2, 0.25) is 6.41 Å². The van der Waals surface area contributed by atoms with Gasteiger partial charge < -0.3 is 9.72 Å². The van der Waals surface area contributed by atoms with Crippen LogP contribution in [0.2, 0.25) is 0 Å². The number of nitrogens with zero attached hydrogens (tertiary/aromatic N) is 2. The maximum Gasteiger partial charge on any atom is 0.266 e. The van der Waals surface area contributed by atoms with Gasteiger partial charge in [0.05, 0.1) is 11.4 Å². The Bertz CT molecular complexity index is 536. The summed E-state index contributed by atoms with van der Waals surface area (Å²) < 4.78 is 27.0. The van der Waals surface area contributed by atoms with Gasteiger partial charge in [0.25, 0.3) is 6.43 Å². The van der Waals surface area contributed by atoms with Crippen LogP contribution < -0.4 is 5.32 Å². The third-order valence-electron chi connectivity index (χ3n) is 2.19. The summed E-state index contributed by atoms with van der Waals surface area (Å²) in [5.41, 5.74) is 1.02. The normalized spacial score (nSPS) is 11.0. The van der Waals surface area contributed by atoms with Gasteiger partial charge in [-0.2, -0.15) is 0 Å². The van der Waals surface area contributed by atoms with E-state index >= 15 is 0 Å². The summed E-state index contributed by atoms with van der Waals surface area (Å²) >= 11 is 0. The zero-order valence-electron chi connectivity index (χ0n) is 8.45. The fourth-order valence-corrected chi connectivity index (χ4v) is 1.54. The fourth-order valence-electron chi connectivity index (χ4n) is 1.54. The zero-order valence-corrected chi connectivity index (χ0v) is 8.45. The van der Waals surface area contributed by atoms with Crippen LogP contribution in [0, 0.1) is 6.92 Å². The first-order valence-electron chi connectivity index (χ1n) is 4.59. The monoisotopic (exact) mass is 225 g/mol. The lowest BCUT2D eigenvalue weighted by atomic mass is 10.2. The molecule has 16 heavy (non-hydrogen) atoms. The first kappa shape index (κ1) is 10.5. The van der Waals surface area contributed by atoms with Crippen LogP contribution >= 0.6 is 0 Å². The number of imidazole rings is 1. The molecule has 0 aromatic carbocycles. The molecule has 0 aliphatic heterocycles. The van der Waals surface area contributed by atoms with Crippen LogP contribution in [0.15, 0.2) is 18.5 Å². The molecule has 2 heterocycles. The van der Waals surface area contributed by atoms with E-state index in [1.807, 2.05) is 0 Å². The predicted octanol–water partition coefficient (Wildman–Crippen LogP) is 2.15. The Morgan fingerprint density at radius 2 is 2.25 bits per heavy atom. The number of alkyl halides is 2. The highest BCUT2D eigenvalue weighted by Gasteiger charge is 2.15. The van der Waals surface area contributed by atoms with Gasteiger partial charge in [0.1, 0.15) is 5.65 Å². The molecule has 0 spiro atoms. The minimum atomic E-state index is -2.65. The van der Waals surface area contributed by atoms with Crippen molar-refractivity contribution in [3.8, 4) is 0 Å². The van der Waals surface area contributed by atoms with Crippen molar-refractivity contribution in [3.05, 3.63) is 29.7 Å². The Labute approximate surface area is 89.9 Å². The highest BCUT2D eigenvalue weighted by atomic mass is 19.3. The average molecular weight is 225 g/mol. The number of carbonyl (C=O) groups is 1. The van der Waals surface area contributed by atoms with Crippen LogP contribution in [0.5, 0.6) is 0 Å². The summed E-state index contributed by atoms with van der Waals surface area (Å²) in [6.07, 6.45) is 0.840. The molecule has 6 heteroatoms. The second kappa shape index (κ2) is 3.88. The zero-order chi connectivity index (χ0) is 11.7. The Hall–Kier alpha value is -1.98. The van der Waals surface area contributed by atoms with E-state index in [1.54, 1.807) is 17.5 Å². The Balaban J connectivity index is 2.64. The quantitative estimate of drug-likeness (QED) is 0.813. The van der Waals surface area contributed by atoms with Gasteiger partial charge in [-0.05, 0) is 13.0 Å². The number of carbonyl (C=O) groups excluding carboxylic acids is 1. The van der Waals surface area contributed by atoms with Crippen molar-refractivity contribution < 1.29 is 13.6 Å². The topological polar surface area (TPSA) is 46.4 Å². The molecule has 4 nitrogen and oxygen atoms in total. The van der Waals surface area contributed by atoms with Gasteiger partial charge in [0.15, 0.2) is 0 Å². The second-order valence-corrected chi connectivity index (χ2v) is 3.35. The number of fused-ring (bicyclic) bond motifs is 1. The van der Waals surface area contributed by atoms with Gasteiger partial charge in [-0.3, -0.25) is 4.79 Å². The molecule has 0 aliphatic rings. The molecule has 2 rings (SSSR count). The van der Waals surface area contributed by atoms with Crippen molar-refractivity contribution in [2.24, 2.45) is 0 Å². The van der Waals surface area contributed by atoms with Crippen molar-refractivity contribution in [1.82, 2.24) is 9.38 Å². The molecule has 2 aromatic heterocycles. The highest BCUT2D eigenvalue weighted by Crippen LogP contribution is 2.27. The average Bonchev–Trinajstić information content (AvgIpc) is 2.56. The number of nitrogens with one attached hydrogen (secondary N) is 1. The number of anilines is 1. The molecule has 0 fully saturated rings. The van der Waals surface area contributed by atoms with E-state index in [0.29, 0.717) is 12.1 Å². The van der Waals surface area contributed by atoms with Gasteiger partial charge in [-0.1, -0.05) is 0 Å². The number of amides is 1. The van der Waals surface area contributed by atoms with E-state index in [9.17, 15) is 13.6 Å². The van der Waals surface area contributed by atoms with Crippen molar-refractivity contribution >= 4 is 17.7 Å². The van der Waals surface area contributed by atoms with E-state index in [-0.39, 0.29) is 11.3 Å². The summed E-state index contributed by atoms with van der Waals surface area (Å²) in [4.78, 5) is 14.4. The van der Waals surface area contributed by atoms with Crippen LogP contribution in [-0.2, 0) is 4.79 Å². The van der Waals surface area contributed by atoms with Crippen molar-refractivity contribution in [2.45, 2.75) is 13.3 Å². The minimum absolute atomic E-state index is 0.0925. The molecular formula is C10H9F2N3O. The van der Waals surface area contributed by atoms with Crippen molar-refractivity contribution in [1.29, 1.82) is 0 Å². The van der Waals surface area contributed by atoms with Crippen LogP contribution in [-0.4, -0.2) is 15.8 Å². The van der Waals surface area contributed by atoms with Crippen molar-refractivity contribution in [2.75, 3.05) is 5.32 Å². The predicted molar refractivity (Wildman–Crippen MR) is 54.6 cm³/mol. The molecule has 0 atom stereocenters. The maximum atomic E-state index is 12.7. The summed E-state index contributed by atoms with van der Waals surface area (Å²) in [6.45, 7) is 1.77. The van der Waals surface area contributed by atoms with E-state index in [1.165, 1.54) is 12.3 Å². The number of pyridine rings is 1. The molecule has 0 bridgehead atoms. The van der Waals surface area contributed by atoms with E-state index in [4.69, 9.17) is 0 Å². The lowest BCUT2D eigenvalue weighted by Crippen LogP contribution is -2.01. The van der Waals surface area contributed by atoms with E-state index in [2.05, 4.69) is 10.3 Å². The molecule has 0 radical (unpaired) electrons. The molecular weight excluding hydrogens is 216 g/mol. The highest BCUT2D eigenvalue weighted by molar-refractivity contribution is 5.74. The number of rotatable bonds is 3. The molecule has 1 amide bonds. The van der Waals surface area contributed by atoms with Gasteiger partial charge in [0, 0.05) is 18.0 Å². The third-order valence-corrected chi connectivity index (χ3v) is 2.19. The van der Waals surface area contributed by atoms with Crippen LogP contribution in [0.1, 0.15) is 17.7 Å². The van der Waals surface area contributed by atoms with E-state index < -0.39 is 6.43 Å². The van der Waals surface area contributed by atoms with Gasteiger partial charge >= 0.3 is 0 Å². The van der Waals surface area contributed by atoms with Gasteiger partial charge in [-0.15, -0.1) is 0 Å². The lowest BCUT2D eigenvalue weighted by molar-refractivity contribution is -0.105. The maximum absolute atomic E-state index is 12.7. The first-order valence-corrected chi connectivity index (χ1v) is 4.59. The molecule has 1 N–H and O–H groups in total. The first-order chi connectivity index (χ1) is 7.61. The number of hydrogen-bond donors (Lipinski definition) is 1. The molecule has 2 aromatic rings. The van der Waals surface area contributed by atoms with Gasteiger partial charge in [-0.25, -0.2) is 13.8 Å². The Kier molecular flexibility index (Phi) is 2.55. The van der Waals surface area contributed by atoms with E-state index in [0.717, 1.165) is 5.69 Å². The molecule has 0 aliphatic carbocycles. The number of halogens is 2. The second-order valence-electron chi connectivity index (χ2n) is 3.35. The summed E-state index contributed by atoms with van der Waals surface area (Å²) in [6, 6.07) is 1.27. The smallest absolute Gasteiger partial charge is 0.266 e. The van der Waals surface area contributed by atoms with Crippen LogP contribution in [0.4, 0.5) is 14.5 Å². The Morgan fingerprint density at radius 1 is 1.50 bits per heavy atom. The number of aryl methyl sites for hydroxylation is 1. The molecule has 84 valence electrons. The summed E-state index contributed by atoms with van der Waals surface area (Å²) in [5.74, 6) is 0. The number of aromatic nitrogens is 2. The summed E-state index contributed by atoms with van der Waals surface area (Å²) in [7, 11) is 0. The molecule has 0 saturated carbocycles.